The molecule has 0 spiro atoms. The molecular weight excluding hydrogens is 268 g/mol. The number of hydrogen-bond acceptors (Lipinski definition) is 3. The van der Waals surface area contributed by atoms with Gasteiger partial charge in [0.25, 0.3) is 0 Å². The smallest absolute Gasteiger partial charge is 0.229 e. The van der Waals surface area contributed by atoms with Crippen molar-refractivity contribution in [3.8, 4) is 5.75 Å². The van der Waals surface area contributed by atoms with E-state index < -0.39 is 0 Å². The Bertz CT molecular complexity index is 530. The van der Waals surface area contributed by atoms with Crippen LogP contribution >= 0.6 is 0 Å². The van der Waals surface area contributed by atoms with E-state index in [0.29, 0.717) is 19.4 Å². The van der Waals surface area contributed by atoms with E-state index in [9.17, 15) is 9.59 Å². The molecule has 5 heteroatoms. The predicted octanol–water partition coefficient (Wildman–Crippen LogP) is 2.25. The molecule has 21 heavy (non-hydrogen) atoms. The third-order valence-electron chi connectivity index (χ3n) is 3.46. The van der Waals surface area contributed by atoms with Crippen LogP contribution in [0.1, 0.15) is 32.3 Å². The highest BCUT2D eigenvalue weighted by atomic mass is 16.5. The van der Waals surface area contributed by atoms with Crippen molar-refractivity contribution in [2.45, 2.75) is 39.7 Å². The number of aryl methyl sites for hydroxylation is 1. The number of ether oxygens (including phenoxy) is 1. The van der Waals surface area contributed by atoms with Gasteiger partial charge in [-0.1, -0.05) is 0 Å². The summed E-state index contributed by atoms with van der Waals surface area (Å²) in [7, 11) is 0. The summed E-state index contributed by atoms with van der Waals surface area (Å²) < 4.78 is 5.62. The van der Waals surface area contributed by atoms with Gasteiger partial charge in [-0.05, 0) is 51.0 Å². The van der Waals surface area contributed by atoms with Gasteiger partial charge in [0.15, 0.2) is 0 Å². The van der Waals surface area contributed by atoms with Crippen molar-refractivity contribution in [3.05, 3.63) is 23.8 Å². The first-order valence-electron chi connectivity index (χ1n) is 7.30. The first-order chi connectivity index (χ1) is 9.95. The average Bonchev–Trinajstić information content (AvgIpc) is 2.42. The molecule has 1 saturated heterocycles. The van der Waals surface area contributed by atoms with E-state index in [1.165, 1.54) is 0 Å². The molecule has 1 aliphatic rings. The van der Waals surface area contributed by atoms with Gasteiger partial charge in [0, 0.05) is 18.7 Å². The number of piperidine rings is 1. The van der Waals surface area contributed by atoms with E-state index in [4.69, 9.17) is 4.74 Å². The quantitative estimate of drug-likeness (QED) is 0.893. The fourth-order valence-corrected chi connectivity index (χ4v) is 2.31. The Morgan fingerprint density at radius 1 is 1.43 bits per heavy atom. The maximum absolute atomic E-state index is 12.2. The molecule has 5 nitrogen and oxygen atoms in total. The van der Waals surface area contributed by atoms with Crippen molar-refractivity contribution in [2.24, 2.45) is 5.92 Å². The van der Waals surface area contributed by atoms with Crippen LogP contribution in [-0.4, -0.2) is 24.5 Å². The molecule has 1 heterocycles. The number of rotatable bonds is 4. The molecule has 2 N–H and O–H groups in total. The molecule has 1 unspecified atom stereocenters. The molecule has 2 amide bonds. The van der Waals surface area contributed by atoms with Crippen molar-refractivity contribution in [1.29, 1.82) is 0 Å². The maximum atomic E-state index is 12.2. The van der Waals surface area contributed by atoms with Crippen LogP contribution in [0, 0.1) is 12.8 Å². The number of benzene rings is 1. The van der Waals surface area contributed by atoms with Crippen molar-refractivity contribution in [1.82, 2.24) is 5.32 Å². The van der Waals surface area contributed by atoms with Crippen LogP contribution < -0.4 is 15.4 Å². The van der Waals surface area contributed by atoms with Crippen molar-refractivity contribution in [2.75, 3.05) is 11.9 Å². The van der Waals surface area contributed by atoms with Crippen molar-refractivity contribution < 1.29 is 14.3 Å². The molecule has 0 bridgehead atoms. The Morgan fingerprint density at radius 3 is 2.76 bits per heavy atom. The van der Waals surface area contributed by atoms with Gasteiger partial charge in [0.05, 0.1) is 12.0 Å². The van der Waals surface area contributed by atoms with E-state index >= 15 is 0 Å². The van der Waals surface area contributed by atoms with Gasteiger partial charge < -0.3 is 15.4 Å². The number of carbonyl (C=O) groups excluding carboxylic acids is 2. The van der Waals surface area contributed by atoms with Crippen molar-refractivity contribution >= 4 is 17.5 Å². The monoisotopic (exact) mass is 290 g/mol. The minimum absolute atomic E-state index is 0.0189. The minimum atomic E-state index is -0.159. The van der Waals surface area contributed by atoms with Gasteiger partial charge in [0.1, 0.15) is 5.75 Å². The van der Waals surface area contributed by atoms with Crippen LogP contribution in [0.25, 0.3) is 0 Å². The molecular formula is C16H22N2O3. The predicted molar refractivity (Wildman–Crippen MR) is 81.3 cm³/mol. The molecule has 0 radical (unpaired) electrons. The third-order valence-corrected chi connectivity index (χ3v) is 3.46. The van der Waals surface area contributed by atoms with Gasteiger partial charge >= 0.3 is 0 Å². The summed E-state index contributed by atoms with van der Waals surface area (Å²) in [5, 5.41) is 5.65. The highest BCUT2D eigenvalue weighted by Crippen LogP contribution is 2.23. The molecule has 2 rings (SSSR count). The van der Waals surface area contributed by atoms with Crippen molar-refractivity contribution in [3.63, 3.8) is 0 Å². The molecule has 114 valence electrons. The maximum Gasteiger partial charge on any atom is 0.229 e. The zero-order chi connectivity index (χ0) is 15.4. The fourth-order valence-electron chi connectivity index (χ4n) is 2.31. The fraction of sp³-hybridized carbons (Fsp3) is 0.500. The van der Waals surface area contributed by atoms with Gasteiger partial charge in [-0.25, -0.2) is 0 Å². The SMILES string of the molecule is Cc1cc(OC(C)C)ccc1NC(=O)C1CCC(=O)NC1. The molecule has 1 aliphatic heterocycles. The molecule has 1 aromatic rings. The summed E-state index contributed by atoms with van der Waals surface area (Å²) in [5.41, 5.74) is 1.74. The molecule has 0 saturated carbocycles. The first kappa shape index (κ1) is 15.4. The average molecular weight is 290 g/mol. The van der Waals surface area contributed by atoms with Crippen LogP contribution in [-0.2, 0) is 9.59 Å². The standard InChI is InChI=1S/C16H22N2O3/c1-10(2)21-13-5-6-14(11(3)8-13)18-16(20)12-4-7-15(19)17-9-12/h5-6,8,10,12H,4,7,9H2,1-3H3,(H,17,19)(H,18,20). The summed E-state index contributed by atoms with van der Waals surface area (Å²) in [5.74, 6) is 0.611. The van der Waals surface area contributed by atoms with E-state index in [2.05, 4.69) is 10.6 Å². The van der Waals surface area contributed by atoms with E-state index in [0.717, 1.165) is 17.0 Å². The lowest BCUT2D eigenvalue weighted by molar-refractivity contribution is -0.126. The number of anilines is 1. The topological polar surface area (TPSA) is 67.4 Å². The van der Waals surface area contributed by atoms with Crippen LogP contribution in [0.2, 0.25) is 0 Å². The van der Waals surface area contributed by atoms with Crippen LogP contribution in [0.5, 0.6) is 5.75 Å². The Kier molecular flexibility index (Phi) is 4.83. The summed E-state index contributed by atoms with van der Waals surface area (Å²) in [6.45, 7) is 6.30. The lowest BCUT2D eigenvalue weighted by Crippen LogP contribution is -2.40. The third kappa shape index (κ3) is 4.21. The van der Waals surface area contributed by atoms with E-state index in [1.807, 2.05) is 39.0 Å². The Labute approximate surface area is 125 Å². The Hall–Kier alpha value is -2.04. The number of nitrogens with one attached hydrogen (secondary N) is 2. The second kappa shape index (κ2) is 6.61. The molecule has 1 atom stereocenters. The van der Waals surface area contributed by atoms with Gasteiger partial charge in [0.2, 0.25) is 11.8 Å². The lowest BCUT2D eigenvalue weighted by atomic mass is 9.98. The number of hydrogen-bond donors (Lipinski definition) is 2. The van der Waals surface area contributed by atoms with E-state index in [1.54, 1.807) is 0 Å². The number of carbonyl (C=O) groups is 2. The van der Waals surface area contributed by atoms with Gasteiger partial charge in [-0.2, -0.15) is 0 Å². The molecule has 1 fully saturated rings. The van der Waals surface area contributed by atoms with Gasteiger partial charge in [-0.15, -0.1) is 0 Å². The normalized spacial score (nSPS) is 18.3. The summed E-state index contributed by atoms with van der Waals surface area (Å²) >= 11 is 0. The zero-order valence-electron chi connectivity index (χ0n) is 12.7. The Morgan fingerprint density at radius 2 is 2.19 bits per heavy atom. The first-order valence-corrected chi connectivity index (χ1v) is 7.30. The summed E-state index contributed by atoms with van der Waals surface area (Å²) in [4.78, 5) is 23.3. The summed E-state index contributed by atoms with van der Waals surface area (Å²) in [6.07, 6.45) is 1.14. The lowest BCUT2D eigenvalue weighted by Gasteiger charge is -2.22. The van der Waals surface area contributed by atoms with Gasteiger partial charge in [-0.3, -0.25) is 9.59 Å². The molecule has 0 aromatic heterocycles. The number of amides is 2. The van der Waals surface area contributed by atoms with Crippen LogP contribution in [0.3, 0.4) is 0 Å². The minimum Gasteiger partial charge on any atom is -0.491 e. The summed E-state index contributed by atoms with van der Waals surface area (Å²) in [6, 6.07) is 5.62. The second-order valence-electron chi connectivity index (χ2n) is 5.67. The largest absolute Gasteiger partial charge is 0.491 e. The highest BCUT2D eigenvalue weighted by molar-refractivity contribution is 5.94. The zero-order valence-corrected chi connectivity index (χ0v) is 12.7. The van der Waals surface area contributed by atoms with Crippen LogP contribution in [0.15, 0.2) is 18.2 Å². The molecule has 1 aromatic carbocycles. The van der Waals surface area contributed by atoms with Crippen LogP contribution in [0.4, 0.5) is 5.69 Å². The molecule has 0 aliphatic carbocycles. The highest BCUT2D eigenvalue weighted by Gasteiger charge is 2.24. The Balaban J connectivity index is 1.99. The second-order valence-corrected chi connectivity index (χ2v) is 5.67. The van der Waals surface area contributed by atoms with E-state index in [-0.39, 0.29) is 23.8 Å².